The predicted octanol–water partition coefficient (Wildman–Crippen LogP) is 2.20. The van der Waals surface area contributed by atoms with Crippen LogP contribution >= 0.6 is 31.9 Å². The Kier molecular flexibility index (Phi) is 9.23. The van der Waals surface area contributed by atoms with Gasteiger partial charge in [0.2, 0.25) is 0 Å². The summed E-state index contributed by atoms with van der Waals surface area (Å²) >= 11 is 6.09. The van der Waals surface area contributed by atoms with Crippen LogP contribution in [0, 0.1) is 0 Å². The second kappa shape index (κ2) is 8.97. The Morgan fingerprint density at radius 3 is 2.38 bits per heavy atom. The molecule has 1 N–H and O–H groups in total. The van der Waals surface area contributed by atoms with E-state index < -0.39 is 3.74 Å². The van der Waals surface area contributed by atoms with Crippen LogP contribution in [0.25, 0.3) is 0 Å². The van der Waals surface area contributed by atoms with Crippen LogP contribution in [0.3, 0.4) is 0 Å². The molecule has 0 aromatic carbocycles. The van der Waals surface area contributed by atoms with Gasteiger partial charge in [-0.2, -0.15) is 0 Å². The first kappa shape index (κ1) is 13.4. The largest absolute Gasteiger partial charge is 0.464 e. The molecule has 3 nitrogen and oxygen atoms in total. The Balaban J connectivity index is 3.12. The monoisotopic (exact) mass is 316 g/mol. The summed E-state index contributed by atoms with van der Waals surface area (Å²) in [7, 11) is 0. The number of alkyl halides is 2. The van der Waals surface area contributed by atoms with Gasteiger partial charge in [-0.15, -0.1) is 0 Å². The number of aliphatic hydroxyl groups excluding tert-OH is 1. The van der Waals surface area contributed by atoms with E-state index in [2.05, 4.69) is 31.9 Å². The molecule has 0 aliphatic rings. The maximum Gasteiger partial charge on any atom is 0.330 e. The molecule has 78 valence electrons. The fraction of sp³-hybridized carbons (Fsp3) is 0.875. The summed E-state index contributed by atoms with van der Waals surface area (Å²) in [6.45, 7) is 0.697. The summed E-state index contributed by atoms with van der Waals surface area (Å²) in [6.07, 6.45) is 3.66. The Hall–Kier alpha value is 0.390. The molecule has 0 heterocycles. The first-order valence-electron chi connectivity index (χ1n) is 4.24. The zero-order chi connectivity index (χ0) is 10.1. The standard InChI is InChI=1S/C8H14Br2O3/c9-7(10)8(12)13-6-4-2-1-3-5-11/h7,11H,1-6H2. The van der Waals surface area contributed by atoms with Crippen LogP contribution in [0.5, 0.6) is 0 Å². The number of unbranched alkanes of at least 4 members (excludes halogenated alkanes) is 3. The molecule has 0 bridgehead atoms. The topological polar surface area (TPSA) is 46.5 Å². The number of ether oxygens (including phenoxy) is 1. The molecule has 0 spiro atoms. The van der Waals surface area contributed by atoms with Crippen molar-refractivity contribution in [2.45, 2.75) is 29.4 Å². The van der Waals surface area contributed by atoms with Gasteiger partial charge >= 0.3 is 5.97 Å². The highest BCUT2D eigenvalue weighted by Gasteiger charge is 2.10. The van der Waals surface area contributed by atoms with E-state index in [0.29, 0.717) is 6.61 Å². The van der Waals surface area contributed by atoms with Gasteiger partial charge in [0, 0.05) is 6.61 Å². The van der Waals surface area contributed by atoms with E-state index in [0.717, 1.165) is 25.7 Å². The van der Waals surface area contributed by atoms with E-state index in [1.807, 2.05) is 0 Å². The summed E-state index contributed by atoms with van der Waals surface area (Å²) in [5, 5.41) is 8.49. The van der Waals surface area contributed by atoms with Gasteiger partial charge in [-0.05, 0) is 19.3 Å². The molecule has 0 aromatic heterocycles. The number of rotatable bonds is 7. The van der Waals surface area contributed by atoms with Crippen LogP contribution in [0.4, 0.5) is 0 Å². The molecule has 13 heavy (non-hydrogen) atoms. The van der Waals surface area contributed by atoms with Crippen molar-refractivity contribution in [1.29, 1.82) is 0 Å². The number of aliphatic hydroxyl groups is 1. The molecule has 0 amide bonds. The highest BCUT2D eigenvalue weighted by molar-refractivity contribution is 9.25. The molecule has 0 aliphatic heterocycles. The molecule has 0 aliphatic carbocycles. The fourth-order valence-electron chi connectivity index (χ4n) is 0.803. The summed E-state index contributed by atoms with van der Waals surface area (Å²) in [5.41, 5.74) is 0. The lowest BCUT2D eigenvalue weighted by Crippen LogP contribution is -2.12. The number of halogens is 2. The van der Waals surface area contributed by atoms with E-state index in [4.69, 9.17) is 9.84 Å². The third-order valence-electron chi connectivity index (χ3n) is 1.47. The van der Waals surface area contributed by atoms with Gasteiger partial charge in [-0.3, -0.25) is 0 Å². The summed E-state index contributed by atoms with van der Waals surface area (Å²) in [6, 6.07) is 0. The SMILES string of the molecule is O=C(OCCCCCCO)C(Br)Br. The molecule has 0 atom stereocenters. The van der Waals surface area contributed by atoms with Crippen molar-refractivity contribution >= 4 is 37.8 Å². The second-order valence-electron chi connectivity index (χ2n) is 2.61. The molecule has 0 fully saturated rings. The smallest absolute Gasteiger partial charge is 0.330 e. The highest BCUT2D eigenvalue weighted by atomic mass is 79.9. The van der Waals surface area contributed by atoms with E-state index in [1.165, 1.54) is 0 Å². The molecule has 0 saturated carbocycles. The maximum atomic E-state index is 10.9. The van der Waals surface area contributed by atoms with Crippen molar-refractivity contribution in [1.82, 2.24) is 0 Å². The van der Waals surface area contributed by atoms with Crippen molar-refractivity contribution in [3.05, 3.63) is 0 Å². The van der Waals surface area contributed by atoms with Gasteiger partial charge in [0.25, 0.3) is 0 Å². The van der Waals surface area contributed by atoms with Crippen molar-refractivity contribution in [2.24, 2.45) is 0 Å². The zero-order valence-electron chi connectivity index (χ0n) is 7.34. The number of carbonyl (C=O) groups excluding carboxylic acids is 1. The first-order valence-corrected chi connectivity index (χ1v) is 6.07. The quantitative estimate of drug-likeness (QED) is 0.445. The second-order valence-corrected chi connectivity index (χ2v) is 5.67. The minimum Gasteiger partial charge on any atom is -0.464 e. The van der Waals surface area contributed by atoms with E-state index >= 15 is 0 Å². The summed E-state index contributed by atoms with van der Waals surface area (Å²) in [5.74, 6) is -0.290. The third-order valence-corrected chi connectivity index (χ3v) is 2.22. The van der Waals surface area contributed by atoms with E-state index in [-0.39, 0.29) is 12.6 Å². The van der Waals surface area contributed by atoms with Crippen LogP contribution in [0.1, 0.15) is 25.7 Å². The molecule has 0 saturated heterocycles. The van der Waals surface area contributed by atoms with Gasteiger partial charge in [-0.1, -0.05) is 38.3 Å². The molecule has 0 unspecified atom stereocenters. The van der Waals surface area contributed by atoms with Crippen LogP contribution in [0.2, 0.25) is 0 Å². The van der Waals surface area contributed by atoms with Gasteiger partial charge in [-0.25, -0.2) is 4.79 Å². The third kappa shape index (κ3) is 8.71. The van der Waals surface area contributed by atoms with Crippen molar-refractivity contribution < 1.29 is 14.6 Å². The first-order chi connectivity index (χ1) is 6.18. The van der Waals surface area contributed by atoms with Crippen molar-refractivity contribution in [3.63, 3.8) is 0 Å². The fourth-order valence-corrected chi connectivity index (χ4v) is 1.07. The van der Waals surface area contributed by atoms with Crippen LogP contribution in [-0.2, 0) is 9.53 Å². The lowest BCUT2D eigenvalue weighted by atomic mass is 10.2. The Labute approximate surface area is 95.1 Å². The normalized spacial score (nSPS) is 10.5. The van der Waals surface area contributed by atoms with Gasteiger partial charge in [0.05, 0.1) is 6.61 Å². The van der Waals surface area contributed by atoms with Crippen molar-refractivity contribution in [2.75, 3.05) is 13.2 Å². The van der Waals surface area contributed by atoms with Crippen LogP contribution < -0.4 is 0 Å². The number of hydrogen-bond donors (Lipinski definition) is 1. The Morgan fingerprint density at radius 2 is 1.85 bits per heavy atom. The average molecular weight is 318 g/mol. The molecule has 0 aromatic rings. The highest BCUT2D eigenvalue weighted by Crippen LogP contribution is 2.10. The minimum absolute atomic E-state index is 0.241. The predicted molar refractivity (Wildman–Crippen MR) is 58.2 cm³/mol. The molecular formula is C8H14Br2O3. The van der Waals surface area contributed by atoms with E-state index in [1.54, 1.807) is 0 Å². The van der Waals surface area contributed by atoms with Gasteiger partial charge < -0.3 is 9.84 Å². The molecule has 0 radical (unpaired) electrons. The summed E-state index contributed by atoms with van der Waals surface area (Å²) < 4.78 is 4.48. The number of hydrogen-bond acceptors (Lipinski definition) is 3. The maximum absolute atomic E-state index is 10.9. The minimum atomic E-state index is -0.405. The Morgan fingerprint density at radius 1 is 1.23 bits per heavy atom. The van der Waals surface area contributed by atoms with Gasteiger partial charge in [0.15, 0.2) is 3.74 Å². The average Bonchev–Trinajstić information content (AvgIpc) is 2.10. The molecule has 5 heteroatoms. The lowest BCUT2D eigenvalue weighted by molar-refractivity contribution is -0.141. The molecule has 0 rings (SSSR count). The molecular weight excluding hydrogens is 304 g/mol. The van der Waals surface area contributed by atoms with Crippen LogP contribution in [-0.4, -0.2) is 28.0 Å². The van der Waals surface area contributed by atoms with Crippen molar-refractivity contribution in [3.8, 4) is 0 Å². The van der Waals surface area contributed by atoms with Crippen LogP contribution in [0.15, 0.2) is 0 Å². The van der Waals surface area contributed by atoms with Gasteiger partial charge in [0.1, 0.15) is 0 Å². The van der Waals surface area contributed by atoms with E-state index in [9.17, 15) is 4.79 Å². The summed E-state index contributed by atoms with van der Waals surface area (Å²) in [4.78, 5) is 10.9. The Bertz CT molecular complexity index is 139. The number of esters is 1. The lowest BCUT2D eigenvalue weighted by Gasteiger charge is -2.04. The zero-order valence-corrected chi connectivity index (χ0v) is 10.5. The number of carbonyl (C=O) groups is 1.